The second-order valence-electron chi connectivity index (χ2n) is 10.9. The van der Waals surface area contributed by atoms with Gasteiger partial charge in [0.2, 0.25) is 0 Å². The molecule has 1 aliphatic heterocycles. The summed E-state index contributed by atoms with van der Waals surface area (Å²) in [7, 11) is 3.85. The van der Waals surface area contributed by atoms with Crippen LogP contribution < -0.4 is 4.74 Å². The topological polar surface area (TPSA) is 70.1 Å². The Labute approximate surface area is 209 Å². The number of Topliss-reactive ketones (excluding diaryl/α,β-unsaturated/α-hetero) is 1. The van der Waals surface area contributed by atoms with Crippen LogP contribution in [0.2, 0.25) is 0 Å². The van der Waals surface area contributed by atoms with Crippen molar-refractivity contribution < 1.29 is 19.4 Å². The summed E-state index contributed by atoms with van der Waals surface area (Å²) in [5, 5.41) is 11.3. The molecule has 3 rings (SSSR count). The maximum absolute atomic E-state index is 13.2. The van der Waals surface area contributed by atoms with Gasteiger partial charge in [-0.25, -0.2) is 0 Å². The highest BCUT2D eigenvalue weighted by molar-refractivity contribution is 6.46. The number of benzene rings is 2. The van der Waals surface area contributed by atoms with Crippen LogP contribution in [-0.2, 0) is 15.0 Å². The summed E-state index contributed by atoms with van der Waals surface area (Å²) in [5.41, 5.74) is 2.49. The van der Waals surface area contributed by atoms with Crippen LogP contribution in [0.3, 0.4) is 0 Å². The monoisotopic (exact) mass is 478 g/mol. The SMILES string of the molecule is CC(C)COc1cccc(/C(O)=C2/C(=O)C(=O)N(CCN(C)C)C2c2ccc(C(C)(C)C)cc2)c1. The van der Waals surface area contributed by atoms with Gasteiger partial charge in [0.05, 0.1) is 18.2 Å². The first-order valence-electron chi connectivity index (χ1n) is 12.2. The molecule has 0 spiro atoms. The van der Waals surface area contributed by atoms with Gasteiger partial charge >= 0.3 is 0 Å². The summed E-state index contributed by atoms with van der Waals surface area (Å²) in [6, 6.07) is 14.3. The maximum Gasteiger partial charge on any atom is 0.295 e. The lowest BCUT2D eigenvalue weighted by atomic mass is 9.85. The zero-order valence-corrected chi connectivity index (χ0v) is 22.0. The van der Waals surface area contributed by atoms with Crippen molar-refractivity contribution in [1.82, 2.24) is 9.80 Å². The zero-order chi connectivity index (χ0) is 25.9. The number of ether oxygens (including phenoxy) is 1. The number of aliphatic hydroxyl groups excluding tert-OH is 1. The Morgan fingerprint density at radius 1 is 1.09 bits per heavy atom. The third kappa shape index (κ3) is 6.12. The number of aliphatic hydroxyl groups is 1. The van der Waals surface area contributed by atoms with Gasteiger partial charge in [-0.05, 0) is 48.7 Å². The van der Waals surface area contributed by atoms with Crippen molar-refractivity contribution in [3.8, 4) is 5.75 Å². The fraction of sp³-hybridized carbons (Fsp3) is 0.448. The molecule has 0 bridgehead atoms. The van der Waals surface area contributed by atoms with E-state index in [-0.39, 0.29) is 16.7 Å². The number of likely N-dealkylation sites (N-methyl/N-ethyl adjacent to an activating group) is 1. The largest absolute Gasteiger partial charge is 0.507 e. The van der Waals surface area contributed by atoms with Gasteiger partial charge in [0.1, 0.15) is 11.5 Å². The van der Waals surface area contributed by atoms with Crippen LogP contribution in [0, 0.1) is 5.92 Å². The van der Waals surface area contributed by atoms with Crippen molar-refractivity contribution in [3.63, 3.8) is 0 Å². The van der Waals surface area contributed by atoms with E-state index in [1.165, 1.54) is 0 Å². The third-order valence-electron chi connectivity index (χ3n) is 6.11. The van der Waals surface area contributed by atoms with Crippen molar-refractivity contribution >= 4 is 17.4 Å². The number of amides is 1. The Balaban J connectivity index is 2.09. The van der Waals surface area contributed by atoms with Crippen LogP contribution in [0.25, 0.3) is 5.76 Å². The minimum Gasteiger partial charge on any atom is -0.507 e. The standard InChI is InChI=1S/C29H38N2O4/c1-19(2)18-35-23-10-8-9-21(17-23)26(32)24-25(20-11-13-22(14-12-20)29(3,4)5)31(16-15-30(6)7)28(34)27(24)33/h8-14,17,19,25,32H,15-16,18H2,1-7H3/b26-24-. The van der Waals surface area contributed by atoms with E-state index in [0.29, 0.717) is 36.9 Å². The van der Waals surface area contributed by atoms with Crippen LogP contribution >= 0.6 is 0 Å². The van der Waals surface area contributed by atoms with Gasteiger partial charge in [-0.1, -0.05) is 71.0 Å². The van der Waals surface area contributed by atoms with Crippen LogP contribution in [0.5, 0.6) is 5.75 Å². The molecule has 6 heteroatoms. The minimum atomic E-state index is -0.667. The molecule has 2 aromatic rings. The average molecular weight is 479 g/mol. The molecule has 1 unspecified atom stereocenters. The second-order valence-corrected chi connectivity index (χ2v) is 10.9. The number of likely N-dealkylation sites (tertiary alicyclic amines) is 1. The van der Waals surface area contributed by atoms with Crippen molar-refractivity contribution in [2.75, 3.05) is 33.8 Å². The lowest BCUT2D eigenvalue weighted by Crippen LogP contribution is -2.35. The minimum absolute atomic E-state index is 0.0261. The van der Waals surface area contributed by atoms with E-state index in [9.17, 15) is 14.7 Å². The molecule has 0 radical (unpaired) electrons. The van der Waals surface area contributed by atoms with Crippen LogP contribution in [-0.4, -0.2) is 60.4 Å². The summed E-state index contributed by atoms with van der Waals surface area (Å²) in [6.45, 7) is 12.0. The van der Waals surface area contributed by atoms with Crippen LogP contribution in [0.4, 0.5) is 0 Å². The van der Waals surface area contributed by atoms with E-state index in [4.69, 9.17) is 4.74 Å². The molecule has 2 aromatic carbocycles. The first-order chi connectivity index (χ1) is 16.4. The maximum atomic E-state index is 13.2. The Morgan fingerprint density at radius 3 is 2.31 bits per heavy atom. The van der Waals surface area contributed by atoms with Gasteiger partial charge in [-0.2, -0.15) is 0 Å². The van der Waals surface area contributed by atoms with E-state index in [1.54, 1.807) is 23.1 Å². The molecule has 35 heavy (non-hydrogen) atoms. The van der Waals surface area contributed by atoms with E-state index < -0.39 is 17.7 Å². The van der Waals surface area contributed by atoms with E-state index in [2.05, 4.69) is 34.6 Å². The number of carbonyl (C=O) groups is 2. The number of hydrogen-bond acceptors (Lipinski definition) is 5. The average Bonchev–Trinajstić information content (AvgIpc) is 3.05. The van der Waals surface area contributed by atoms with Crippen molar-refractivity contribution in [2.45, 2.75) is 46.1 Å². The lowest BCUT2D eigenvalue weighted by Gasteiger charge is -2.27. The molecule has 188 valence electrons. The van der Waals surface area contributed by atoms with Crippen LogP contribution in [0.1, 0.15) is 57.4 Å². The van der Waals surface area contributed by atoms with E-state index >= 15 is 0 Å². The molecule has 1 amide bonds. The summed E-state index contributed by atoms with van der Waals surface area (Å²) in [4.78, 5) is 29.9. The number of carbonyl (C=O) groups excluding carboxylic acids is 2. The Hall–Kier alpha value is -3.12. The van der Waals surface area contributed by atoms with Gasteiger partial charge in [0, 0.05) is 18.7 Å². The first-order valence-corrected chi connectivity index (χ1v) is 12.2. The number of nitrogens with zero attached hydrogens (tertiary/aromatic N) is 2. The lowest BCUT2D eigenvalue weighted by molar-refractivity contribution is -0.140. The summed E-state index contributed by atoms with van der Waals surface area (Å²) in [6.07, 6.45) is 0. The van der Waals surface area contributed by atoms with Crippen molar-refractivity contribution in [2.24, 2.45) is 5.92 Å². The van der Waals surface area contributed by atoms with Gasteiger partial charge in [0.15, 0.2) is 0 Å². The second kappa shape index (κ2) is 10.6. The van der Waals surface area contributed by atoms with Gasteiger partial charge < -0.3 is 19.6 Å². The van der Waals surface area contributed by atoms with E-state index in [1.807, 2.05) is 49.3 Å². The normalized spacial score (nSPS) is 18.1. The predicted octanol–water partition coefficient (Wildman–Crippen LogP) is 5.00. The molecule has 1 N–H and O–H groups in total. The van der Waals surface area contributed by atoms with Crippen molar-refractivity contribution in [3.05, 3.63) is 70.8 Å². The fourth-order valence-electron chi connectivity index (χ4n) is 4.08. The molecular formula is C29H38N2O4. The smallest absolute Gasteiger partial charge is 0.295 e. The molecule has 0 aromatic heterocycles. The highest BCUT2D eigenvalue weighted by Gasteiger charge is 2.46. The Morgan fingerprint density at radius 2 is 1.74 bits per heavy atom. The Bertz CT molecular complexity index is 1090. The molecule has 6 nitrogen and oxygen atoms in total. The predicted molar refractivity (Wildman–Crippen MR) is 139 cm³/mol. The molecule has 1 saturated heterocycles. The molecule has 0 aliphatic carbocycles. The molecule has 1 fully saturated rings. The van der Waals surface area contributed by atoms with Crippen molar-refractivity contribution in [1.29, 1.82) is 0 Å². The summed E-state index contributed by atoms with van der Waals surface area (Å²) < 4.78 is 5.81. The number of rotatable bonds is 8. The first kappa shape index (κ1) is 26.5. The molecule has 1 aliphatic rings. The number of ketones is 1. The quantitative estimate of drug-likeness (QED) is 0.328. The third-order valence-corrected chi connectivity index (χ3v) is 6.11. The highest BCUT2D eigenvalue weighted by Crippen LogP contribution is 2.40. The summed E-state index contributed by atoms with van der Waals surface area (Å²) in [5.74, 6) is -0.484. The van der Waals surface area contributed by atoms with Crippen LogP contribution in [0.15, 0.2) is 54.1 Å². The Kier molecular flexibility index (Phi) is 8.06. The van der Waals surface area contributed by atoms with Gasteiger partial charge in [0.25, 0.3) is 11.7 Å². The highest BCUT2D eigenvalue weighted by atomic mass is 16.5. The van der Waals surface area contributed by atoms with Gasteiger partial charge in [-0.3, -0.25) is 9.59 Å². The van der Waals surface area contributed by atoms with E-state index in [0.717, 1.165) is 11.1 Å². The fourth-order valence-corrected chi connectivity index (χ4v) is 4.08. The molecule has 0 saturated carbocycles. The van der Waals surface area contributed by atoms with Gasteiger partial charge in [-0.15, -0.1) is 0 Å². The molecule has 1 atom stereocenters. The zero-order valence-electron chi connectivity index (χ0n) is 22.0. The molecule has 1 heterocycles. The number of hydrogen-bond donors (Lipinski definition) is 1. The molecular weight excluding hydrogens is 440 g/mol. The summed E-state index contributed by atoms with van der Waals surface area (Å²) >= 11 is 0.